The molecular weight excluding hydrogens is 282 g/mol. The van der Waals surface area contributed by atoms with Crippen LogP contribution in [0.1, 0.15) is 17.4 Å². The third-order valence-electron chi connectivity index (χ3n) is 2.67. The normalized spacial score (nSPS) is 12.5. The lowest BCUT2D eigenvalue weighted by molar-refractivity contribution is 0.412. The Balaban J connectivity index is 2.35. The fourth-order valence-corrected chi connectivity index (χ4v) is 2.26. The summed E-state index contributed by atoms with van der Waals surface area (Å²) in [7, 11) is 3.57. The molecular formula is C12H14BrN3O. The summed E-state index contributed by atoms with van der Waals surface area (Å²) in [6.07, 6.45) is 3.63. The SMILES string of the molecule is COc1ccc(C(N)c2nccn2C)cc1Br. The number of benzene rings is 1. The van der Waals surface area contributed by atoms with E-state index in [4.69, 9.17) is 10.5 Å². The second kappa shape index (κ2) is 4.89. The fraction of sp³-hybridized carbons (Fsp3) is 0.250. The van der Waals surface area contributed by atoms with Crippen molar-refractivity contribution in [3.8, 4) is 5.75 Å². The van der Waals surface area contributed by atoms with E-state index in [0.29, 0.717) is 0 Å². The van der Waals surface area contributed by atoms with E-state index < -0.39 is 0 Å². The Morgan fingerprint density at radius 3 is 2.76 bits per heavy atom. The molecule has 1 atom stereocenters. The molecule has 0 bridgehead atoms. The Bertz CT molecular complexity index is 524. The van der Waals surface area contributed by atoms with E-state index in [1.807, 2.05) is 36.0 Å². The van der Waals surface area contributed by atoms with Crippen LogP contribution in [0.25, 0.3) is 0 Å². The van der Waals surface area contributed by atoms with Crippen LogP contribution < -0.4 is 10.5 Å². The first-order valence-electron chi connectivity index (χ1n) is 5.19. The molecule has 0 spiro atoms. The molecule has 0 saturated heterocycles. The van der Waals surface area contributed by atoms with Gasteiger partial charge in [0.15, 0.2) is 0 Å². The van der Waals surface area contributed by atoms with E-state index in [1.54, 1.807) is 13.3 Å². The summed E-state index contributed by atoms with van der Waals surface area (Å²) in [5.74, 6) is 1.63. The van der Waals surface area contributed by atoms with Crippen molar-refractivity contribution in [1.29, 1.82) is 0 Å². The van der Waals surface area contributed by atoms with Crippen LogP contribution >= 0.6 is 15.9 Å². The smallest absolute Gasteiger partial charge is 0.133 e. The van der Waals surface area contributed by atoms with E-state index in [0.717, 1.165) is 21.6 Å². The standard InChI is InChI=1S/C12H14BrN3O/c1-16-6-5-15-12(16)11(14)8-3-4-10(17-2)9(13)7-8/h3-7,11H,14H2,1-2H3. The number of nitrogens with zero attached hydrogens (tertiary/aromatic N) is 2. The number of rotatable bonds is 3. The molecule has 0 fully saturated rings. The Morgan fingerprint density at radius 1 is 1.47 bits per heavy atom. The van der Waals surface area contributed by atoms with E-state index in [9.17, 15) is 0 Å². The van der Waals surface area contributed by atoms with Crippen molar-refractivity contribution in [2.45, 2.75) is 6.04 Å². The first kappa shape index (κ1) is 12.1. The van der Waals surface area contributed by atoms with Crippen molar-refractivity contribution >= 4 is 15.9 Å². The van der Waals surface area contributed by atoms with Gasteiger partial charge >= 0.3 is 0 Å². The molecule has 90 valence electrons. The molecule has 2 aromatic rings. The van der Waals surface area contributed by atoms with Gasteiger partial charge < -0.3 is 15.0 Å². The van der Waals surface area contributed by atoms with Gasteiger partial charge in [0, 0.05) is 19.4 Å². The molecule has 0 aliphatic rings. The lowest BCUT2D eigenvalue weighted by Gasteiger charge is -2.13. The minimum atomic E-state index is -0.239. The third-order valence-corrected chi connectivity index (χ3v) is 3.29. The van der Waals surface area contributed by atoms with Gasteiger partial charge in [0.05, 0.1) is 17.6 Å². The van der Waals surface area contributed by atoms with Gasteiger partial charge in [-0.1, -0.05) is 6.07 Å². The van der Waals surface area contributed by atoms with Crippen LogP contribution in [-0.2, 0) is 7.05 Å². The van der Waals surface area contributed by atoms with Crippen LogP contribution in [-0.4, -0.2) is 16.7 Å². The van der Waals surface area contributed by atoms with Crippen molar-refractivity contribution in [2.75, 3.05) is 7.11 Å². The van der Waals surface area contributed by atoms with Gasteiger partial charge in [-0.2, -0.15) is 0 Å². The molecule has 1 aromatic carbocycles. The van der Waals surface area contributed by atoms with E-state index in [-0.39, 0.29) is 6.04 Å². The minimum absolute atomic E-state index is 0.239. The zero-order valence-corrected chi connectivity index (χ0v) is 11.3. The number of hydrogen-bond donors (Lipinski definition) is 1. The highest BCUT2D eigenvalue weighted by atomic mass is 79.9. The van der Waals surface area contributed by atoms with Crippen LogP contribution in [0.5, 0.6) is 5.75 Å². The predicted octanol–water partition coefficient (Wildman–Crippen LogP) is 2.24. The van der Waals surface area contributed by atoms with E-state index >= 15 is 0 Å². The quantitative estimate of drug-likeness (QED) is 0.945. The highest BCUT2D eigenvalue weighted by molar-refractivity contribution is 9.10. The van der Waals surface area contributed by atoms with Crippen molar-refractivity contribution < 1.29 is 4.74 Å². The molecule has 1 aromatic heterocycles. The highest BCUT2D eigenvalue weighted by Crippen LogP contribution is 2.28. The second-order valence-electron chi connectivity index (χ2n) is 3.77. The summed E-state index contributed by atoms with van der Waals surface area (Å²) in [5.41, 5.74) is 7.17. The van der Waals surface area contributed by atoms with Crippen LogP contribution in [0, 0.1) is 0 Å². The molecule has 0 amide bonds. The number of aryl methyl sites for hydroxylation is 1. The van der Waals surface area contributed by atoms with Crippen LogP contribution in [0.2, 0.25) is 0 Å². The summed E-state index contributed by atoms with van der Waals surface area (Å²) in [5, 5.41) is 0. The topological polar surface area (TPSA) is 53.1 Å². The van der Waals surface area contributed by atoms with Gasteiger partial charge in [-0.05, 0) is 33.6 Å². The molecule has 4 nitrogen and oxygen atoms in total. The second-order valence-corrected chi connectivity index (χ2v) is 4.62. The zero-order chi connectivity index (χ0) is 12.4. The molecule has 17 heavy (non-hydrogen) atoms. The van der Waals surface area contributed by atoms with Gasteiger partial charge in [-0.15, -0.1) is 0 Å². The maximum Gasteiger partial charge on any atom is 0.133 e. The van der Waals surface area contributed by atoms with Crippen LogP contribution in [0.3, 0.4) is 0 Å². The van der Waals surface area contributed by atoms with Crippen LogP contribution in [0.15, 0.2) is 35.1 Å². The molecule has 0 aliphatic carbocycles. The third kappa shape index (κ3) is 2.35. The summed E-state index contributed by atoms with van der Waals surface area (Å²) in [6.45, 7) is 0. The Labute approximate surface area is 109 Å². The maximum absolute atomic E-state index is 6.18. The fourth-order valence-electron chi connectivity index (χ4n) is 1.70. The number of nitrogens with two attached hydrogens (primary N) is 1. The maximum atomic E-state index is 6.18. The molecule has 0 saturated carbocycles. The van der Waals surface area contributed by atoms with E-state index in [2.05, 4.69) is 20.9 Å². The average Bonchev–Trinajstić information content (AvgIpc) is 2.74. The summed E-state index contributed by atoms with van der Waals surface area (Å²) in [6, 6.07) is 5.56. The Hall–Kier alpha value is -1.33. The molecule has 0 radical (unpaired) electrons. The number of methoxy groups -OCH3 is 1. The summed E-state index contributed by atoms with van der Waals surface area (Å²) in [4.78, 5) is 4.26. The molecule has 1 heterocycles. The largest absolute Gasteiger partial charge is 0.496 e. The number of hydrogen-bond acceptors (Lipinski definition) is 3. The number of ether oxygens (including phenoxy) is 1. The monoisotopic (exact) mass is 295 g/mol. The lowest BCUT2D eigenvalue weighted by atomic mass is 10.1. The predicted molar refractivity (Wildman–Crippen MR) is 69.9 cm³/mol. The molecule has 2 rings (SSSR count). The molecule has 1 unspecified atom stereocenters. The van der Waals surface area contributed by atoms with Crippen molar-refractivity contribution in [1.82, 2.24) is 9.55 Å². The molecule has 5 heteroatoms. The number of imidazole rings is 1. The van der Waals surface area contributed by atoms with Gasteiger partial charge in [-0.25, -0.2) is 4.98 Å². The van der Waals surface area contributed by atoms with Gasteiger partial charge in [-0.3, -0.25) is 0 Å². The van der Waals surface area contributed by atoms with Crippen molar-refractivity contribution in [3.05, 3.63) is 46.5 Å². The van der Waals surface area contributed by atoms with Gasteiger partial charge in [0.2, 0.25) is 0 Å². The van der Waals surface area contributed by atoms with Crippen LogP contribution in [0.4, 0.5) is 0 Å². The zero-order valence-electron chi connectivity index (χ0n) is 9.72. The summed E-state index contributed by atoms with van der Waals surface area (Å²) >= 11 is 3.45. The first-order chi connectivity index (χ1) is 8.13. The van der Waals surface area contributed by atoms with Crippen molar-refractivity contribution in [3.63, 3.8) is 0 Å². The first-order valence-corrected chi connectivity index (χ1v) is 5.99. The average molecular weight is 296 g/mol. The number of aromatic nitrogens is 2. The molecule has 0 aliphatic heterocycles. The number of halogens is 1. The van der Waals surface area contributed by atoms with E-state index in [1.165, 1.54) is 0 Å². The minimum Gasteiger partial charge on any atom is -0.496 e. The van der Waals surface area contributed by atoms with Crippen molar-refractivity contribution in [2.24, 2.45) is 12.8 Å². The highest BCUT2D eigenvalue weighted by Gasteiger charge is 2.14. The molecule has 2 N–H and O–H groups in total. The summed E-state index contributed by atoms with van der Waals surface area (Å²) < 4.78 is 8.00. The van der Waals surface area contributed by atoms with Gasteiger partial charge in [0.25, 0.3) is 0 Å². The Morgan fingerprint density at radius 2 is 2.24 bits per heavy atom. The lowest BCUT2D eigenvalue weighted by Crippen LogP contribution is -2.16. The van der Waals surface area contributed by atoms with Gasteiger partial charge in [0.1, 0.15) is 11.6 Å². The Kier molecular flexibility index (Phi) is 3.49.